The normalized spacial score (nSPS) is 29.9. The number of pyridine rings is 2. The fourth-order valence-electron chi connectivity index (χ4n) is 4.75. The molecule has 29 heavy (non-hydrogen) atoms. The van der Waals surface area contributed by atoms with Gasteiger partial charge in [-0.15, -0.1) is 0 Å². The summed E-state index contributed by atoms with van der Waals surface area (Å²) in [6, 6.07) is 4.05. The highest BCUT2D eigenvalue weighted by Gasteiger charge is 2.35. The monoisotopic (exact) mass is 398 g/mol. The second-order valence-electron chi connectivity index (χ2n) is 8.77. The lowest BCUT2D eigenvalue weighted by atomic mass is 9.74. The predicted molar refractivity (Wildman–Crippen MR) is 111 cm³/mol. The summed E-state index contributed by atoms with van der Waals surface area (Å²) >= 11 is 0. The van der Waals surface area contributed by atoms with E-state index in [-0.39, 0.29) is 35.4 Å². The number of hydrogen-bond donors (Lipinski definition) is 2. The first-order chi connectivity index (χ1) is 13.8. The third kappa shape index (κ3) is 3.81. The third-order valence-corrected chi connectivity index (χ3v) is 6.69. The lowest BCUT2D eigenvalue weighted by molar-refractivity contribution is -0.126. The summed E-state index contributed by atoms with van der Waals surface area (Å²) in [5.41, 5.74) is 5.53. The summed E-state index contributed by atoms with van der Waals surface area (Å²) in [5, 5.41) is 4.19. The van der Waals surface area contributed by atoms with Crippen LogP contribution in [-0.2, 0) is 16.7 Å². The third-order valence-electron chi connectivity index (χ3n) is 6.69. The van der Waals surface area contributed by atoms with E-state index in [1.54, 1.807) is 4.57 Å². The van der Waals surface area contributed by atoms with E-state index in [9.17, 15) is 9.59 Å². The molecule has 2 fully saturated rings. The zero-order chi connectivity index (χ0) is 20.7. The van der Waals surface area contributed by atoms with Crippen LogP contribution in [0.3, 0.4) is 0 Å². The zero-order valence-electron chi connectivity index (χ0n) is 17.6. The Balaban J connectivity index is 1.59. The number of carbonyl (C=O) groups excluding carboxylic acids is 1. The lowest BCUT2D eigenvalue weighted by Gasteiger charge is -2.35. The van der Waals surface area contributed by atoms with E-state index in [0.29, 0.717) is 12.5 Å². The lowest BCUT2D eigenvalue weighted by Crippen LogP contribution is -2.45. The topological polar surface area (TPSA) is 85.2 Å². The summed E-state index contributed by atoms with van der Waals surface area (Å²) in [5.74, 6) is 0.374. The van der Waals surface area contributed by atoms with Crippen molar-refractivity contribution in [3.63, 3.8) is 0 Å². The average molecular weight is 399 g/mol. The van der Waals surface area contributed by atoms with Crippen LogP contribution in [0.25, 0.3) is 10.9 Å². The van der Waals surface area contributed by atoms with E-state index in [0.717, 1.165) is 41.4 Å². The molecule has 0 aromatic carbocycles. The number of hydroxylamine groups is 1. The van der Waals surface area contributed by atoms with Gasteiger partial charge < -0.3 is 14.7 Å². The highest BCUT2D eigenvalue weighted by Crippen LogP contribution is 2.37. The molecule has 7 nitrogen and oxygen atoms in total. The van der Waals surface area contributed by atoms with Gasteiger partial charge in [0.05, 0.1) is 18.0 Å². The van der Waals surface area contributed by atoms with Crippen molar-refractivity contribution in [3.8, 4) is 0 Å². The number of rotatable bonds is 3. The van der Waals surface area contributed by atoms with Gasteiger partial charge >= 0.3 is 0 Å². The van der Waals surface area contributed by atoms with Gasteiger partial charge in [0.2, 0.25) is 5.91 Å². The minimum atomic E-state index is -0.171. The van der Waals surface area contributed by atoms with Gasteiger partial charge in [-0.1, -0.05) is 6.92 Å². The van der Waals surface area contributed by atoms with Gasteiger partial charge in [0.15, 0.2) is 0 Å². The van der Waals surface area contributed by atoms with Crippen LogP contribution in [0.1, 0.15) is 50.3 Å². The molecule has 1 aliphatic carbocycles. The summed E-state index contributed by atoms with van der Waals surface area (Å²) in [6.07, 6.45) is 4.54. The molecule has 0 radical (unpaired) electrons. The van der Waals surface area contributed by atoms with Crippen LogP contribution >= 0.6 is 0 Å². The number of nitrogens with one attached hydrogen (secondary N) is 2. The molecule has 4 rings (SSSR count). The van der Waals surface area contributed by atoms with Crippen molar-refractivity contribution in [2.75, 3.05) is 6.61 Å². The summed E-state index contributed by atoms with van der Waals surface area (Å²) in [7, 11) is 1.83. The molecule has 5 unspecified atom stereocenters. The minimum Gasteiger partial charge on any atom is -0.353 e. The quantitative estimate of drug-likeness (QED) is 0.828. The van der Waals surface area contributed by atoms with Crippen molar-refractivity contribution < 1.29 is 9.63 Å². The van der Waals surface area contributed by atoms with Gasteiger partial charge in [-0.2, -0.15) is 5.48 Å². The van der Waals surface area contributed by atoms with Gasteiger partial charge in [-0.3, -0.25) is 14.6 Å². The molecule has 3 heterocycles. The Morgan fingerprint density at radius 3 is 2.83 bits per heavy atom. The van der Waals surface area contributed by atoms with Crippen LogP contribution in [0.15, 0.2) is 23.1 Å². The molecule has 1 saturated heterocycles. The molecule has 0 bridgehead atoms. The van der Waals surface area contributed by atoms with E-state index in [1.165, 1.54) is 0 Å². The number of amides is 1. The molecule has 1 amide bonds. The maximum atomic E-state index is 13.2. The highest BCUT2D eigenvalue weighted by atomic mass is 16.7. The van der Waals surface area contributed by atoms with Crippen molar-refractivity contribution in [2.45, 2.75) is 58.0 Å². The first-order valence-electron chi connectivity index (χ1n) is 10.5. The van der Waals surface area contributed by atoms with Crippen LogP contribution in [0.5, 0.6) is 0 Å². The Labute approximate surface area is 170 Å². The standard InChI is InChI=1S/C22H30N4O3/c1-12-5-6-16(24-21(27)19-11-29-25-14(19)3)9-17(12)18-8-15-10-23-13(2)7-20(15)26(4)22(18)28/h7-8,10,12,14,16-17,19,25H,5-6,9,11H2,1-4H3,(H,24,27). The van der Waals surface area contributed by atoms with Gasteiger partial charge in [-0.05, 0) is 57.1 Å². The molecular formula is C22H30N4O3. The zero-order valence-corrected chi connectivity index (χ0v) is 17.6. The van der Waals surface area contributed by atoms with E-state index in [1.807, 2.05) is 39.2 Å². The van der Waals surface area contributed by atoms with Crippen LogP contribution < -0.4 is 16.4 Å². The number of fused-ring (bicyclic) bond motifs is 1. The molecule has 5 atom stereocenters. The smallest absolute Gasteiger partial charge is 0.254 e. The number of nitrogens with zero attached hydrogens (tertiary/aromatic N) is 2. The first-order valence-corrected chi connectivity index (χ1v) is 10.5. The van der Waals surface area contributed by atoms with Crippen molar-refractivity contribution in [1.29, 1.82) is 0 Å². The van der Waals surface area contributed by atoms with Gasteiger partial charge in [0.1, 0.15) is 0 Å². The Bertz CT molecular complexity index is 986. The minimum absolute atomic E-state index is 0.0112. The van der Waals surface area contributed by atoms with Crippen molar-refractivity contribution in [2.24, 2.45) is 18.9 Å². The summed E-state index contributed by atoms with van der Waals surface area (Å²) in [4.78, 5) is 35.4. The Kier molecular flexibility index (Phi) is 5.44. The van der Waals surface area contributed by atoms with E-state index >= 15 is 0 Å². The average Bonchev–Trinajstić information content (AvgIpc) is 3.13. The van der Waals surface area contributed by atoms with E-state index in [4.69, 9.17) is 4.84 Å². The molecule has 2 aromatic heterocycles. The summed E-state index contributed by atoms with van der Waals surface area (Å²) < 4.78 is 1.73. The van der Waals surface area contributed by atoms with Crippen molar-refractivity contribution >= 4 is 16.8 Å². The van der Waals surface area contributed by atoms with Gasteiger partial charge in [-0.25, -0.2) is 0 Å². The molecule has 1 aliphatic heterocycles. The second-order valence-corrected chi connectivity index (χ2v) is 8.77. The SMILES string of the molecule is Cc1cc2c(cn1)cc(C1CC(NC(=O)C3CONC3C)CCC1C)c(=O)n2C. The summed E-state index contributed by atoms with van der Waals surface area (Å²) in [6.45, 7) is 6.49. The maximum absolute atomic E-state index is 13.2. The molecule has 156 valence electrons. The molecule has 2 aromatic rings. The largest absolute Gasteiger partial charge is 0.353 e. The Morgan fingerprint density at radius 1 is 1.31 bits per heavy atom. The molecule has 0 spiro atoms. The predicted octanol–water partition coefficient (Wildman–Crippen LogP) is 2.17. The van der Waals surface area contributed by atoms with E-state index in [2.05, 4.69) is 22.7 Å². The Morgan fingerprint density at radius 2 is 2.10 bits per heavy atom. The number of aryl methyl sites for hydroxylation is 2. The first kappa shape index (κ1) is 20.0. The number of hydrogen-bond acceptors (Lipinski definition) is 5. The van der Waals surface area contributed by atoms with Crippen molar-refractivity contribution in [1.82, 2.24) is 20.3 Å². The number of carbonyl (C=O) groups is 1. The van der Waals surface area contributed by atoms with Crippen LogP contribution in [0.2, 0.25) is 0 Å². The number of aromatic nitrogens is 2. The van der Waals surface area contributed by atoms with Crippen molar-refractivity contribution in [3.05, 3.63) is 39.9 Å². The van der Waals surface area contributed by atoms with Gasteiger partial charge in [0.25, 0.3) is 5.56 Å². The molecule has 2 aliphatic rings. The fourth-order valence-corrected chi connectivity index (χ4v) is 4.75. The highest BCUT2D eigenvalue weighted by molar-refractivity contribution is 5.80. The van der Waals surface area contributed by atoms with Crippen LogP contribution in [-0.4, -0.2) is 34.1 Å². The van der Waals surface area contributed by atoms with Crippen LogP contribution in [0, 0.1) is 18.8 Å². The molecular weight excluding hydrogens is 368 g/mol. The second kappa shape index (κ2) is 7.88. The Hall–Kier alpha value is -2.25. The van der Waals surface area contributed by atoms with Gasteiger partial charge in [0, 0.05) is 42.0 Å². The fraction of sp³-hybridized carbons (Fsp3) is 0.591. The maximum Gasteiger partial charge on any atom is 0.254 e. The molecule has 2 N–H and O–H groups in total. The molecule has 7 heteroatoms. The van der Waals surface area contributed by atoms with E-state index < -0.39 is 0 Å². The van der Waals surface area contributed by atoms with Crippen LogP contribution in [0.4, 0.5) is 0 Å². The molecule has 1 saturated carbocycles.